The van der Waals surface area contributed by atoms with E-state index in [0.717, 1.165) is 23.6 Å². The molecule has 2 aliphatic rings. The van der Waals surface area contributed by atoms with Gasteiger partial charge in [0.2, 0.25) is 11.8 Å². The maximum atomic E-state index is 13.4. The summed E-state index contributed by atoms with van der Waals surface area (Å²) in [6, 6.07) is 15.4. The van der Waals surface area contributed by atoms with Crippen molar-refractivity contribution in [1.82, 2.24) is 15.0 Å². The first kappa shape index (κ1) is 23.1. The Kier molecular flexibility index (Phi) is 6.53. The normalized spacial score (nSPS) is 19.1. The van der Waals surface area contributed by atoms with Gasteiger partial charge in [0.15, 0.2) is 5.82 Å². The van der Waals surface area contributed by atoms with E-state index in [0.29, 0.717) is 56.2 Å². The van der Waals surface area contributed by atoms with E-state index in [2.05, 4.69) is 10.5 Å². The van der Waals surface area contributed by atoms with E-state index in [1.54, 1.807) is 13.0 Å². The van der Waals surface area contributed by atoms with Gasteiger partial charge in [-0.15, -0.1) is 0 Å². The van der Waals surface area contributed by atoms with Crippen LogP contribution in [0, 0.1) is 18.8 Å². The maximum Gasteiger partial charge on any atom is 0.254 e. The van der Waals surface area contributed by atoms with Crippen molar-refractivity contribution in [2.45, 2.75) is 32.6 Å². The quantitative estimate of drug-likeness (QED) is 0.619. The van der Waals surface area contributed by atoms with Crippen molar-refractivity contribution < 1.29 is 18.9 Å². The van der Waals surface area contributed by atoms with Crippen LogP contribution in [0.25, 0.3) is 10.8 Å². The summed E-state index contributed by atoms with van der Waals surface area (Å²) < 4.78 is 5.00. The van der Waals surface area contributed by atoms with Crippen LogP contribution in [0.4, 0.5) is 5.82 Å². The topological polar surface area (TPSA) is 95.8 Å². The summed E-state index contributed by atoms with van der Waals surface area (Å²) in [6.07, 6.45) is 2.81. The molecule has 1 aromatic heterocycles. The van der Waals surface area contributed by atoms with E-state index in [1.807, 2.05) is 52.3 Å². The largest absolute Gasteiger partial charge is 0.360 e. The first-order chi connectivity index (χ1) is 17.0. The summed E-state index contributed by atoms with van der Waals surface area (Å²) in [5.74, 6) is 0.683. The van der Waals surface area contributed by atoms with Gasteiger partial charge in [0, 0.05) is 43.7 Å². The number of nitrogens with one attached hydrogen (secondary N) is 1. The predicted octanol–water partition coefficient (Wildman–Crippen LogP) is 3.87. The molecule has 5 rings (SSSR count). The van der Waals surface area contributed by atoms with Crippen molar-refractivity contribution >= 4 is 34.3 Å². The van der Waals surface area contributed by atoms with Crippen LogP contribution in [0.5, 0.6) is 0 Å². The number of aryl methyl sites for hydroxylation is 1. The molecule has 1 atom stereocenters. The van der Waals surface area contributed by atoms with Gasteiger partial charge in [0.1, 0.15) is 5.76 Å². The minimum absolute atomic E-state index is 0.0160. The van der Waals surface area contributed by atoms with Crippen molar-refractivity contribution in [2.24, 2.45) is 11.8 Å². The van der Waals surface area contributed by atoms with Crippen LogP contribution in [0.1, 0.15) is 41.8 Å². The molecule has 3 heterocycles. The lowest BCUT2D eigenvalue weighted by Gasteiger charge is -2.37. The van der Waals surface area contributed by atoms with E-state index >= 15 is 0 Å². The molecule has 182 valence electrons. The molecule has 3 aromatic rings. The molecule has 0 radical (unpaired) electrons. The zero-order valence-electron chi connectivity index (χ0n) is 19.9. The number of likely N-dealkylation sites (tertiary alicyclic amines) is 2. The number of amides is 3. The van der Waals surface area contributed by atoms with Crippen molar-refractivity contribution in [3.05, 3.63) is 59.9 Å². The molecule has 1 N–H and O–H groups in total. The Morgan fingerprint density at radius 3 is 2.49 bits per heavy atom. The highest BCUT2D eigenvalue weighted by Crippen LogP contribution is 2.27. The average molecular weight is 475 g/mol. The molecule has 1 unspecified atom stereocenters. The monoisotopic (exact) mass is 474 g/mol. The zero-order chi connectivity index (χ0) is 24.4. The summed E-state index contributed by atoms with van der Waals surface area (Å²) in [5, 5.41) is 8.58. The fraction of sp³-hybridized carbons (Fsp3) is 0.407. The van der Waals surface area contributed by atoms with Gasteiger partial charge in [-0.3, -0.25) is 14.4 Å². The fourth-order valence-electron chi connectivity index (χ4n) is 5.22. The molecule has 0 aliphatic carbocycles. The zero-order valence-corrected chi connectivity index (χ0v) is 19.9. The maximum absolute atomic E-state index is 13.4. The van der Waals surface area contributed by atoms with Gasteiger partial charge in [0.05, 0.1) is 5.92 Å². The lowest BCUT2D eigenvalue weighted by atomic mass is 9.92. The standard InChI is InChI=1S/C27H30N4O4/c1-18-16-24(29-35-18)28-25(32)20-11-14-30(15-12-20)26(33)21-8-5-13-31(17-21)27(34)23-10-4-7-19-6-2-3-9-22(19)23/h2-4,6-7,9-10,16,20-21H,5,8,11-15,17H2,1H3,(H,28,29,32). The molecule has 2 aliphatic heterocycles. The molecular weight excluding hydrogens is 444 g/mol. The molecule has 8 nitrogen and oxygen atoms in total. The molecule has 3 amide bonds. The van der Waals surface area contributed by atoms with Crippen molar-refractivity contribution in [3.8, 4) is 0 Å². The van der Waals surface area contributed by atoms with Crippen molar-refractivity contribution in [3.63, 3.8) is 0 Å². The Balaban J connectivity index is 1.18. The van der Waals surface area contributed by atoms with Gasteiger partial charge < -0.3 is 19.6 Å². The average Bonchev–Trinajstić information content (AvgIpc) is 3.31. The number of rotatable bonds is 4. The number of piperidine rings is 2. The van der Waals surface area contributed by atoms with Gasteiger partial charge in [-0.1, -0.05) is 41.6 Å². The van der Waals surface area contributed by atoms with Crippen LogP contribution in [-0.4, -0.2) is 58.9 Å². The van der Waals surface area contributed by atoms with Crippen LogP contribution in [0.3, 0.4) is 0 Å². The number of hydrogen-bond acceptors (Lipinski definition) is 5. The highest BCUT2D eigenvalue weighted by Gasteiger charge is 2.34. The second-order valence-corrected chi connectivity index (χ2v) is 9.53. The minimum Gasteiger partial charge on any atom is -0.360 e. The van der Waals surface area contributed by atoms with E-state index in [9.17, 15) is 14.4 Å². The smallest absolute Gasteiger partial charge is 0.254 e. The Morgan fingerprint density at radius 2 is 1.71 bits per heavy atom. The van der Waals surface area contributed by atoms with Crippen LogP contribution < -0.4 is 5.32 Å². The summed E-state index contributed by atoms with van der Waals surface area (Å²) in [4.78, 5) is 42.9. The van der Waals surface area contributed by atoms with Crippen LogP contribution in [0.2, 0.25) is 0 Å². The number of carbonyl (C=O) groups is 3. The molecule has 8 heteroatoms. The molecular formula is C27H30N4O4. The first-order valence-corrected chi connectivity index (χ1v) is 12.3. The third kappa shape index (κ3) is 4.92. The number of hydrogen-bond donors (Lipinski definition) is 1. The summed E-state index contributed by atoms with van der Waals surface area (Å²) in [7, 11) is 0. The molecule has 2 aromatic carbocycles. The highest BCUT2D eigenvalue weighted by atomic mass is 16.5. The predicted molar refractivity (Wildman–Crippen MR) is 132 cm³/mol. The number of benzene rings is 2. The third-order valence-electron chi connectivity index (χ3n) is 7.13. The SMILES string of the molecule is Cc1cc(NC(=O)C2CCN(C(=O)C3CCCN(C(=O)c4cccc5ccccc45)C3)CC2)no1. The molecule has 2 fully saturated rings. The van der Waals surface area contributed by atoms with Crippen molar-refractivity contribution in [1.29, 1.82) is 0 Å². The minimum atomic E-state index is -0.203. The van der Waals surface area contributed by atoms with E-state index in [4.69, 9.17) is 4.52 Å². The highest BCUT2D eigenvalue weighted by molar-refractivity contribution is 6.07. The van der Waals surface area contributed by atoms with Crippen LogP contribution >= 0.6 is 0 Å². The van der Waals surface area contributed by atoms with Crippen LogP contribution in [-0.2, 0) is 9.59 Å². The third-order valence-corrected chi connectivity index (χ3v) is 7.13. The van der Waals surface area contributed by atoms with E-state index in [1.165, 1.54) is 0 Å². The lowest BCUT2D eigenvalue weighted by molar-refractivity contribution is -0.139. The molecule has 0 saturated carbocycles. The van der Waals surface area contributed by atoms with Crippen molar-refractivity contribution in [2.75, 3.05) is 31.5 Å². The fourth-order valence-corrected chi connectivity index (χ4v) is 5.22. The number of fused-ring (bicyclic) bond motifs is 1. The first-order valence-electron chi connectivity index (χ1n) is 12.3. The molecule has 35 heavy (non-hydrogen) atoms. The summed E-state index contributed by atoms with van der Waals surface area (Å²) in [6.45, 7) is 3.96. The van der Waals surface area contributed by atoms with Gasteiger partial charge in [-0.05, 0) is 49.4 Å². The van der Waals surface area contributed by atoms with Gasteiger partial charge in [0.25, 0.3) is 5.91 Å². The van der Waals surface area contributed by atoms with Gasteiger partial charge in [-0.25, -0.2) is 0 Å². The van der Waals surface area contributed by atoms with E-state index in [-0.39, 0.29) is 29.6 Å². The lowest BCUT2D eigenvalue weighted by Crippen LogP contribution is -2.49. The Morgan fingerprint density at radius 1 is 0.943 bits per heavy atom. The van der Waals surface area contributed by atoms with Gasteiger partial charge in [-0.2, -0.15) is 0 Å². The molecule has 0 spiro atoms. The molecule has 0 bridgehead atoms. The number of anilines is 1. The summed E-state index contributed by atoms with van der Waals surface area (Å²) >= 11 is 0. The Bertz CT molecular complexity index is 1240. The number of nitrogens with zero attached hydrogens (tertiary/aromatic N) is 3. The van der Waals surface area contributed by atoms with Crippen LogP contribution in [0.15, 0.2) is 53.1 Å². The van der Waals surface area contributed by atoms with E-state index < -0.39 is 0 Å². The Hall–Kier alpha value is -3.68. The Labute approximate surface area is 204 Å². The molecule has 2 saturated heterocycles. The number of aromatic nitrogens is 1. The van der Waals surface area contributed by atoms with Gasteiger partial charge >= 0.3 is 0 Å². The summed E-state index contributed by atoms with van der Waals surface area (Å²) in [5.41, 5.74) is 0.685. The second kappa shape index (κ2) is 9.90. The number of carbonyl (C=O) groups excluding carboxylic acids is 3. The second-order valence-electron chi connectivity index (χ2n) is 9.53.